The summed E-state index contributed by atoms with van der Waals surface area (Å²) >= 11 is 0. The van der Waals surface area contributed by atoms with Crippen LogP contribution in [0.25, 0.3) is 11.2 Å². The number of aromatic amines is 1. The molecule has 102 valence electrons. The molecule has 3 heterocycles. The molecular formula is C13H13FN6. The minimum atomic E-state index is -0.786. The number of imidazole rings is 1. The van der Waals surface area contributed by atoms with Gasteiger partial charge in [-0.25, -0.2) is 4.98 Å². The molecule has 20 heavy (non-hydrogen) atoms. The molecule has 0 unspecified atom stereocenters. The lowest BCUT2D eigenvalue weighted by atomic mass is 10.2. The molecule has 0 saturated carbocycles. The van der Waals surface area contributed by atoms with E-state index >= 15 is 0 Å². The summed E-state index contributed by atoms with van der Waals surface area (Å²) in [5, 5.41) is 3.08. The SMILES string of the molecule is Cc1cc(CNc2nc(F)nc3[nH]cnc23)cc(C)n1. The fourth-order valence-corrected chi connectivity index (χ4v) is 2.14. The molecule has 7 heteroatoms. The average molecular weight is 272 g/mol. The van der Waals surface area contributed by atoms with Gasteiger partial charge < -0.3 is 10.3 Å². The van der Waals surface area contributed by atoms with Crippen LogP contribution in [0.4, 0.5) is 10.2 Å². The van der Waals surface area contributed by atoms with Crippen molar-refractivity contribution in [1.29, 1.82) is 0 Å². The second kappa shape index (κ2) is 4.84. The summed E-state index contributed by atoms with van der Waals surface area (Å²) < 4.78 is 13.3. The van der Waals surface area contributed by atoms with E-state index in [1.54, 1.807) is 0 Å². The van der Waals surface area contributed by atoms with E-state index in [4.69, 9.17) is 0 Å². The quantitative estimate of drug-likeness (QED) is 0.714. The van der Waals surface area contributed by atoms with Gasteiger partial charge in [-0.1, -0.05) is 0 Å². The molecular weight excluding hydrogens is 259 g/mol. The van der Waals surface area contributed by atoms with Crippen LogP contribution in [0.5, 0.6) is 0 Å². The zero-order valence-electron chi connectivity index (χ0n) is 11.1. The van der Waals surface area contributed by atoms with Crippen molar-refractivity contribution < 1.29 is 4.39 Å². The summed E-state index contributed by atoms with van der Waals surface area (Å²) in [5.41, 5.74) is 3.84. The molecule has 0 aliphatic rings. The molecule has 0 aliphatic carbocycles. The predicted octanol–water partition coefficient (Wildman–Crippen LogP) is 2.12. The Morgan fingerprint density at radius 2 is 1.90 bits per heavy atom. The van der Waals surface area contributed by atoms with Gasteiger partial charge in [-0.05, 0) is 31.5 Å². The predicted molar refractivity (Wildman–Crippen MR) is 72.7 cm³/mol. The molecule has 0 bridgehead atoms. The third-order valence-corrected chi connectivity index (χ3v) is 2.85. The van der Waals surface area contributed by atoms with Gasteiger partial charge in [0.05, 0.1) is 6.33 Å². The van der Waals surface area contributed by atoms with E-state index in [2.05, 4.69) is 30.2 Å². The van der Waals surface area contributed by atoms with Crippen molar-refractivity contribution in [2.45, 2.75) is 20.4 Å². The van der Waals surface area contributed by atoms with Crippen molar-refractivity contribution in [2.75, 3.05) is 5.32 Å². The van der Waals surface area contributed by atoms with E-state index in [0.29, 0.717) is 23.5 Å². The van der Waals surface area contributed by atoms with Crippen molar-refractivity contribution in [3.63, 3.8) is 0 Å². The number of nitrogens with zero attached hydrogens (tertiary/aromatic N) is 4. The summed E-state index contributed by atoms with van der Waals surface area (Å²) in [7, 11) is 0. The fourth-order valence-electron chi connectivity index (χ4n) is 2.14. The van der Waals surface area contributed by atoms with Crippen LogP contribution in [0, 0.1) is 19.9 Å². The third-order valence-electron chi connectivity index (χ3n) is 2.85. The van der Waals surface area contributed by atoms with Gasteiger partial charge in [0.1, 0.15) is 5.52 Å². The van der Waals surface area contributed by atoms with E-state index in [1.165, 1.54) is 6.33 Å². The van der Waals surface area contributed by atoms with Crippen LogP contribution >= 0.6 is 0 Å². The van der Waals surface area contributed by atoms with Gasteiger partial charge in [-0.3, -0.25) is 4.98 Å². The second-order valence-corrected chi connectivity index (χ2v) is 4.55. The van der Waals surface area contributed by atoms with E-state index in [9.17, 15) is 4.39 Å². The number of aryl methyl sites for hydroxylation is 2. The third kappa shape index (κ3) is 2.42. The molecule has 0 amide bonds. The first kappa shape index (κ1) is 12.5. The second-order valence-electron chi connectivity index (χ2n) is 4.55. The highest BCUT2D eigenvalue weighted by Crippen LogP contribution is 2.17. The van der Waals surface area contributed by atoms with Crippen LogP contribution in [0.2, 0.25) is 0 Å². The molecule has 0 atom stereocenters. The van der Waals surface area contributed by atoms with Gasteiger partial charge in [0.15, 0.2) is 11.5 Å². The van der Waals surface area contributed by atoms with Crippen LogP contribution in [0.1, 0.15) is 17.0 Å². The first-order valence-electron chi connectivity index (χ1n) is 6.16. The van der Waals surface area contributed by atoms with Crippen LogP contribution in [0.15, 0.2) is 18.5 Å². The molecule has 0 fully saturated rings. The Bertz CT molecular complexity index is 746. The molecule has 0 radical (unpaired) electrons. The van der Waals surface area contributed by atoms with Gasteiger partial charge in [-0.15, -0.1) is 0 Å². The highest BCUT2D eigenvalue weighted by atomic mass is 19.1. The fraction of sp³-hybridized carbons (Fsp3) is 0.231. The number of H-pyrrole nitrogens is 1. The Morgan fingerprint density at radius 1 is 1.15 bits per heavy atom. The highest BCUT2D eigenvalue weighted by Gasteiger charge is 2.09. The lowest BCUT2D eigenvalue weighted by Crippen LogP contribution is -2.05. The summed E-state index contributed by atoms with van der Waals surface area (Å²) in [4.78, 5) is 18.5. The number of pyridine rings is 1. The van der Waals surface area contributed by atoms with Gasteiger partial charge in [0, 0.05) is 17.9 Å². The van der Waals surface area contributed by atoms with E-state index in [0.717, 1.165) is 17.0 Å². The van der Waals surface area contributed by atoms with Crippen molar-refractivity contribution in [3.8, 4) is 0 Å². The maximum absolute atomic E-state index is 13.3. The number of hydrogen-bond acceptors (Lipinski definition) is 5. The summed E-state index contributed by atoms with van der Waals surface area (Å²) in [5.74, 6) is 0.376. The maximum Gasteiger partial charge on any atom is 0.312 e. The number of nitrogens with one attached hydrogen (secondary N) is 2. The van der Waals surface area contributed by atoms with Crippen molar-refractivity contribution in [2.24, 2.45) is 0 Å². The first-order valence-corrected chi connectivity index (χ1v) is 6.16. The molecule has 0 aliphatic heterocycles. The summed E-state index contributed by atoms with van der Waals surface area (Å²) in [6, 6.07) is 3.94. The molecule has 3 aromatic rings. The van der Waals surface area contributed by atoms with Gasteiger partial charge >= 0.3 is 6.08 Å². The van der Waals surface area contributed by atoms with Gasteiger partial charge in [0.25, 0.3) is 0 Å². The number of fused-ring (bicyclic) bond motifs is 1. The van der Waals surface area contributed by atoms with Crippen LogP contribution in [-0.2, 0) is 6.54 Å². The van der Waals surface area contributed by atoms with Crippen molar-refractivity contribution in [3.05, 3.63) is 41.5 Å². The summed E-state index contributed by atoms with van der Waals surface area (Å²) in [6.45, 7) is 4.39. The zero-order chi connectivity index (χ0) is 14.1. The Balaban J connectivity index is 1.88. The molecule has 3 rings (SSSR count). The van der Waals surface area contributed by atoms with Crippen LogP contribution in [0.3, 0.4) is 0 Å². The number of halogens is 1. The van der Waals surface area contributed by atoms with E-state index in [-0.39, 0.29) is 0 Å². The normalized spacial score (nSPS) is 10.9. The highest BCUT2D eigenvalue weighted by molar-refractivity contribution is 5.81. The Hall–Kier alpha value is -2.57. The molecule has 0 saturated heterocycles. The van der Waals surface area contributed by atoms with E-state index in [1.807, 2.05) is 26.0 Å². The standard InChI is InChI=1S/C13H13FN6/c1-7-3-9(4-8(2)18-7)5-15-11-10-12(17-6-16-10)20-13(14)19-11/h3-4,6H,5H2,1-2H3,(H2,15,16,17,19,20). The largest absolute Gasteiger partial charge is 0.364 e. The monoisotopic (exact) mass is 272 g/mol. The molecule has 3 aromatic heterocycles. The first-order chi connectivity index (χ1) is 9.61. The topological polar surface area (TPSA) is 79.4 Å². The number of anilines is 1. The minimum Gasteiger partial charge on any atom is -0.364 e. The van der Waals surface area contributed by atoms with Crippen LogP contribution < -0.4 is 5.32 Å². The van der Waals surface area contributed by atoms with Gasteiger partial charge in [-0.2, -0.15) is 14.4 Å². The van der Waals surface area contributed by atoms with Gasteiger partial charge in [0.2, 0.25) is 0 Å². The lowest BCUT2D eigenvalue weighted by molar-refractivity contribution is 0.545. The van der Waals surface area contributed by atoms with Crippen molar-refractivity contribution in [1.82, 2.24) is 24.9 Å². The minimum absolute atomic E-state index is 0.376. The Kier molecular flexibility index (Phi) is 3.02. The number of aromatic nitrogens is 5. The maximum atomic E-state index is 13.3. The average Bonchev–Trinajstić information content (AvgIpc) is 2.82. The molecule has 0 aromatic carbocycles. The Morgan fingerprint density at radius 3 is 2.65 bits per heavy atom. The van der Waals surface area contributed by atoms with E-state index < -0.39 is 6.08 Å². The number of rotatable bonds is 3. The molecule has 6 nitrogen and oxygen atoms in total. The smallest absolute Gasteiger partial charge is 0.312 e. The molecule has 2 N–H and O–H groups in total. The Labute approximate surface area is 114 Å². The lowest BCUT2D eigenvalue weighted by Gasteiger charge is -2.07. The zero-order valence-corrected chi connectivity index (χ0v) is 11.1. The number of hydrogen-bond donors (Lipinski definition) is 2. The van der Waals surface area contributed by atoms with Crippen LogP contribution in [-0.4, -0.2) is 24.9 Å². The molecule has 0 spiro atoms. The van der Waals surface area contributed by atoms with Crippen molar-refractivity contribution >= 4 is 17.0 Å². The summed E-state index contributed by atoms with van der Waals surface area (Å²) in [6.07, 6.45) is 0.677.